The number of ether oxygens (including phenoxy) is 5. The number of carbonyl (C=O) groups excluding carboxylic acids is 4. The van der Waals surface area contributed by atoms with Gasteiger partial charge in [0.15, 0.2) is 0 Å². The van der Waals surface area contributed by atoms with Gasteiger partial charge >= 0.3 is 11.9 Å². The summed E-state index contributed by atoms with van der Waals surface area (Å²) in [5, 5.41) is 21.6. The normalized spacial score (nSPS) is 21.5. The molecule has 3 unspecified atom stereocenters. The van der Waals surface area contributed by atoms with E-state index in [2.05, 4.69) is 15.4 Å². The summed E-state index contributed by atoms with van der Waals surface area (Å²) < 4.78 is 24.7. The van der Waals surface area contributed by atoms with E-state index in [-0.39, 0.29) is 61.3 Å². The van der Waals surface area contributed by atoms with Crippen LogP contribution in [0.3, 0.4) is 0 Å². The first-order valence-electron chi connectivity index (χ1n) is 14.2. The summed E-state index contributed by atoms with van der Waals surface area (Å²) in [7, 11) is 1.41. The maximum atomic E-state index is 11.5. The van der Waals surface area contributed by atoms with Gasteiger partial charge in [-0.1, -0.05) is 0 Å². The molecule has 0 spiro atoms. The zero-order valence-electron chi connectivity index (χ0n) is 24.6. The zero-order chi connectivity index (χ0) is 30.7. The van der Waals surface area contributed by atoms with Crippen LogP contribution in [0.15, 0.2) is 0 Å². The van der Waals surface area contributed by atoms with Gasteiger partial charge in [0.2, 0.25) is 11.8 Å². The second-order valence-corrected chi connectivity index (χ2v) is 9.42. The monoisotopic (exact) mass is 593 g/mol. The van der Waals surface area contributed by atoms with Gasteiger partial charge in [0.05, 0.1) is 64.4 Å². The van der Waals surface area contributed by atoms with Crippen molar-refractivity contribution in [1.29, 1.82) is 0 Å². The van der Waals surface area contributed by atoms with Crippen molar-refractivity contribution in [3.63, 3.8) is 0 Å². The van der Waals surface area contributed by atoms with Crippen LogP contribution in [0.2, 0.25) is 0 Å². The van der Waals surface area contributed by atoms with Crippen molar-refractivity contribution in [3.8, 4) is 0 Å². The molecule has 0 radical (unpaired) electrons. The first-order valence-corrected chi connectivity index (χ1v) is 14.2. The molecule has 0 aromatic carbocycles. The molecule has 240 valence electrons. The van der Waals surface area contributed by atoms with Crippen molar-refractivity contribution in [1.82, 2.24) is 10.6 Å². The molecule has 3 atom stereocenters. The number of carbonyl (C=O) groups is 4. The molecule has 2 amide bonds. The Morgan fingerprint density at radius 3 is 1.56 bits per heavy atom. The van der Waals surface area contributed by atoms with Gasteiger partial charge in [0.1, 0.15) is 6.61 Å². The Labute approximate surface area is 242 Å². The molecule has 3 rings (SSSR count). The maximum absolute atomic E-state index is 11.5. The highest BCUT2D eigenvalue weighted by Gasteiger charge is 2.23. The number of nitrogens with two attached hydrogens (primary N) is 1. The van der Waals surface area contributed by atoms with Crippen molar-refractivity contribution < 1.29 is 53.1 Å². The Kier molecular flexibility index (Phi) is 25.0. The highest BCUT2D eigenvalue weighted by molar-refractivity contribution is 5.79. The van der Waals surface area contributed by atoms with E-state index in [0.717, 1.165) is 58.3 Å². The molecule has 0 saturated carbocycles. The van der Waals surface area contributed by atoms with Crippen molar-refractivity contribution in [3.05, 3.63) is 0 Å². The molecule has 0 aromatic rings. The molecule has 3 heterocycles. The highest BCUT2D eigenvalue weighted by Crippen LogP contribution is 2.15. The van der Waals surface area contributed by atoms with Gasteiger partial charge in [-0.2, -0.15) is 0 Å². The highest BCUT2D eigenvalue weighted by atomic mass is 16.5. The molecule has 3 aliphatic heterocycles. The Morgan fingerprint density at radius 1 is 0.780 bits per heavy atom. The second kappa shape index (κ2) is 26.5. The summed E-state index contributed by atoms with van der Waals surface area (Å²) in [4.78, 5) is 44.1. The average molecular weight is 594 g/mol. The van der Waals surface area contributed by atoms with E-state index >= 15 is 0 Å². The molecular formula is C27H51N3O11. The third-order valence-corrected chi connectivity index (χ3v) is 6.00. The fraction of sp³-hybridized carbons (Fsp3) is 0.852. The van der Waals surface area contributed by atoms with Crippen LogP contribution in [0, 0.1) is 17.8 Å². The van der Waals surface area contributed by atoms with Crippen LogP contribution in [-0.4, -0.2) is 120 Å². The zero-order valence-corrected chi connectivity index (χ0v) is 24.6. The minimum atomic E-state index is -0.328. The van der Waals surface area contributed by atoms with Crippen LogP contribution < -0.4 is 16.4 Å². The fourth-order valence-electron chi connectivity index (χ4n) is 3.83. The lowest BCUT2D eigenvalue weighted by atomic mass is 10.0. The predicted molar refractivity (Wildman–Crippen MR) is 149 cm³/mol. The Bertz CT molecular complexity index is 692. The van der Waals surface area contributed by atoms with Gasteiger partial charge in [-0.25, -0.2) is 0 Å². The lowest BCUT2D eigenvalue weighted by Gasteiger charge is -2.21. The molecule has 6 N–H and O–H groups in total. The molecule has 0 bridgehead atoms. The van der Waals surface area contributed by atoms with E-state index in [1.807, 2.05) is 0 Å². The summed E-state index contributed by atoms with van der Waals surface area (Å²) in [6, 6.07) is 0. The quantitative estimate of drug-likeness (QED) is 0.164. The first kappa shape index (κ1) is 38.6. The van der Waals surface area contributed by atoms with Crippen molar-refractivity contribution in [2.24, 2.45) is 23.5 Å². The summed E-state index contributed by atoms with van der Waals surface area (Å²) in [5.41, 5.74) is 4.78. The van der Waals surface area contributed by atoms with Gasteiger partial charge in [0.25, 0.3) is 0 Å². The van der Waals surface area contributed by atoms with Crippen LogP contribution in [0.25, 0.3) is 0 Å². The molecule has 0 aliphatic carbocycles. The molecule has 14 nitrogen and oxygen atoms in total. The van der Waals surface area contributed by atoms with Gasteiger partial charge in [0, 0.05) is 39.8 Å². The van der Waals surface area contributed by atoms with Crippen molar-refractivity contribution in [2.75, 3.05) is 86.2 Å². The number of hydrogen-bond acceptors (Lipinski definition) is 12. The van der Waals surface area contributed by atoms with Crippen molar-refractivity contribution in [2.45, 2.75) is 45.4 Å². The van der Waals surface area contributed by atoms with Crippen molar-refractivity contribution >= 4 is 23.8 Å². The van der Waals surface area contributed by atoms with Crippen LogP contribution in [-0.2, 0) is 42.9 Å². The number of methoxy groups -OCH3 is 1. The van der Waals surface area contributed by atoms with Crippen LogP contribution in [0.5, 0.6) is 0 Å². The van der Waals surface area contributed by atoms with E-state index in [0.29, 0.717) is 39.5 Å². The topological polar surface area (TPSA) is 205 Å². The maximum Gasteiger partial charge on any atom is 0.311 e. The van der Waals surface area contributed by atoms with E-state index in [9.17, 15) is 19.2 Å². The number of aliphatic hydroxyl groups is 2. The molecule has 41 heavy (non-hydrogen) atoms. The number of amides is 2. The minimum absolute atomic E-state index is 0.000677. The third-order valence-electron chi connectivity index (χ3n) is 6.00. The van der Waals surface area contributed by atoms with Crippen LogP contribution in [0.1, 0.15) is 45.4 Å². The van der Waals surface area contributed by atoms with Gasteiger partial charge in [-0.05, 0) is 38.5 Å². The van der Waals surface area contributed by atoms with E-state index in [1.54, 1.807) is 0 Å². The first-order chi connectivity index (χ1) is 19.8. The summed E-state index contributed by atoms with van der Waals surface area (Å²) in [5.74, 6) is -0.546. The van der Waals surface area contributed by atoms with Crippen LogP contribution in [0.4, 0.5) is 0 Å². The Hall–Kier alpha value is -2.36. The number of aliphatic hydroxyl groups excluding tert-OH is 2. The molecule has 3 fully saturated rings. The molecule has 0 aromatic heterocycles. The lowest BCUT2D eigenvalue weighted by Crippen LogP contribution is -2.37. The van der Waals surface area contributed by atoms with E-state index in [1.165, 1.54) is 14.0 Å². The minimum Gasteiger partial charge on any atom is -0.469 e. The average Bonchev–Trinajstić information content (AvgIpc) is 3.03. The SMILES string of the molecule is CC(=O)OCCNC(=O)C1CCCOC1.COC(=O)C1CCCOC1.NCCO.O=C(NCCO)C1CCCOC1. The lowest BCUT2D eigenvalue weighted by molar-refractivity contribution is -0.149. The number of hydrogen-bond donors (Lipinski definition) is 5. The Morgan fingerprint density at radius 2 is 1.22 bits per heavy atom. The largest absolute Gasteiger partial charge is 0.469 e. The summed E-state index contributed by atoms with van der Waals surface area (Å²) in [6.45, 7) is 6.62. The van der Waals surface area contributed by atoms with Gasteiger partial charge < -0.3 is 50.3 Å². The molecule has 3 saturated heterocycles. The number of nitrogens with one attached hydrogen (secondary N) is 2. The standard InChI is InChI=1S/C10H17NO4.C8H15NO3.C7H12O3.C2H7NO/c1-8(12)15-6-4-11-10(13)9-3-2-5-14-7-9;10-4-3-9-8(11)7-2-1-5-12-6-7;1-9-7(8)6-3-2-4-10-5-6;3-1-2-4/h9H,2-7H2,1H3,(H,11,13);7,10H,1-6H2,(H,9,11);6H,2-5H2,1H3;4H,1-3H2. The van der Waals surface area contributed by atoms with E-state index < -0.39 is 0 Å². The number of esters is 2. The fourth-order valence-corrected chi connectivity index (χ4v) is 3.83. The summed E-state index contributed by atoms with van der Waals surface area (Å²) in [6.07, 6.45) is 5.54. The smallest absolute Gasteiger partial charge is 0.311 e. The number of rotatable bonds is 9. The van der Waals surface area contributed by atoms with Crippen LogP contribution >= 0.6 is 0 Å². The molecule has 3 aliphatic rings. The second-order valence-electron chi connectivity index (χ2n) is 9.42. The van der Waals surface area contributed by atoms with Gasteiger partial charge in [-0.3, -0.25) is 19.2 Å². The molecular weight excluding hydrogens is 542 g/mol. The Balaban J connectivity index is 0.000000558. The summed E-state index contributed by atoms with van der Waals surface area (Å²) >= 11 is 0. The van der Waals surface area contributed by atoms with Gasteiger partial charge in [-0.15, -0.1) is 0 Å². The molecule has 14 heteroatoms. The third kappa shape index (κ3) is 21.1. The predicted octanol–water partition coefficient (Wildman–Crippen LogP) is -0.863. The van der Waals surface area contributed by atoms with E-state index in [4.69, 9.17) is 34.9 Å².